The standard InChI is InChI=1S/C16H19NO3/c1-10-5-4-7-12(10)15(18)17-13-8-3-2-6-11(13)9-14(17)16(19)20/h2-3,6,8,10,12,14H,4-5,7,9H2,1H3,(H,19,20). The molecule has 1 saturated carbocycles. The molecule has 1 heterocycles. The molecule has 2 aliphatic rings. The van der Waals surface area contributed by atoms with Crippen molar-refractivity contribution >= 4 is 17.6 Å². The van der Waals surface area contributed by atoms with Crippen molar-refractivity contribution in [2.45, 2.75) is 38.6 Å². The summed E-state index contributed by atoms with van der Waals surface area (Å²) in [6.07, 6.45) is 3.41. The zero-order valence-electron chi connectivity index (χ0n) is 11.6. The van der Waals surface area contributed by atoms with E-state index < -0.39 is 12.0 Å². The number of aliphatic carboxylic acids is 1. The lowest BCUT2D eigenvalue weighted by Gasteiger charge is -2.27. The van der Waals surface area contributed by atoms with E-state index in [2.05, 4.69) is 6.92 Å². The van der Waals surface area contributed by atoms with Crippen LogP contribution in [0.5, 0.6) is 0 Å². The highest BCUT2D eigenvalue weighted by atomic mass is 16.4. The lowest BCUT2D eigenvalue weighted by atomic mass is 9.96. The highest BCUT2D eigenvalue weighted by Gasteiger charge is 2.42. The quantitative estimate of drug-likeness (QED) is 0.900. The van der Waals surface area contributed by atoms with Gasteiger partial charge >= 0.3 is 5.97 Å². The predicted molar refractivity (Wildman–Crippen MR) is 75.6 cm³/mol. The highest BCUT2D eigenvalue weighted by Crippen LogP contribution is 2.38. The Morgan fingerprint density at radius 2 is 2.00 bits per heavy atom. The summed E-state index contributed by atoms with van der Waals surface area (Å²) in [7, 11) is 0. The molecule has 1 fully saturated rings. The fourth-order valence-electron chi connectivity index (χ4n) is 3.55. The molecule has 4 heteroatoms. The van der Waals surface area contributed by atoms with Crippen LogP contribution in [0.1, 0.15) is 31.7 Å². The number of rotatable bonds is 2. The van der Waals surface area contributed by atoms with Gasteiger partial charge in [0.25, 0.3) is 0 Å². The van der Waals surface area contributed by atoms with Crippen molar-refractivity contribution in [1.82, 2.24) is 0 Å². The lowest BCUT2D eigenvalue weighted by molar-refractivity contribution is -0.140. The maximum atomic E-state index is 12.8. The van der Waals surface area contributed by atoms with Crippen LogP contribution in [-0.2, 0) is 16.0 Å². The van der Waals surface area contributed by atoms with Crippen molar-refractivity contribution in [3.63, 3.8) is 0 Å². The monoisotopic (exact) mass is 273 g/mol. The largest absolute Gasteiger partial charge is 0.480 e. The van der Waals surface area contributed by atoms with Gasteiger partial charge in [-0.2, -0.15) is 0 Å². The highest BCUT2D eigenvalue weighted by molar-refractivity contribution is 6.03. The van der Waals surface area contributed by atoms with Gasteiger partial charge in [-0.1, -0.05) is 31.5 Å². The van der Waals surface area contributed by atoms with Gasteiger partial charge in [-0.3, -0.25) is 9.69 Å². The van der Waals surface area contributed by atoms with E-state index in [-0.39, 0.29) is 11.8 Å². The van der Waals surface area contributed by atoms with E-state index in [1.165, 1.54) is 4.90 Å². The molecule has 0 radical (unpaired) electrons. The first-order valence-electron chi connectivity index (χ1n) is 7.23. The van der Waals surface area contributed by atoms with Crippen molar-refractivity contribution in [2.75, 3.05) is 4.90 Å². The Hall–Kier alpha value is -1.84. The SMILES string of the molecule is CC1CCCC1C(=O)N1c2ccccc2CC1C(=O)O. The predicted octanol–water partition coefficient (Wildman–Crippen LogP) is 2.47. The molecule has 1 aromatic carbocycles. The molecule has 20 heavy (non-hydrogen) atoms. The Morgan fingerprint density at radius 1 is 1.25 bits per heavy atom. The molecular weight excluding hydrogens is 254 g/mol. The molecule has 0 spiro atoms. The topological polar surface area (TPSA) is 57.6 Å². The summed E-state index contributed by atoms with van der Waals surface area (Å²) in [6.45, 7) is 2.09. The summed E-state index contributed by atoms with van der Waals surface area (Å²) in [5, 5.41) is 9.42. The maximum absolute atomic E-state index is 12.8. The molecule has 106 valence electrons. The Kier molecular flexibility index (Phi) is 3.24. The second-order valence-corrected chi connectivity index (χ2v) is 5.91. The van der Waals surface area contributed by atoms with Crippen LogP contribution in [0.25, 0.3) is 0 Å². The summed E-state index contributed by atoms with van der Waals surface area (Å²) >= 11 is 0. The van der Waals surface area contributed by atoms with Crippen LogP contribution in [0, 0.1) is 11.8 Å². The first-order chi connectivity index (χ1) is 9.59. The fourth-order valence-corrected chi connectivity index (χ4v) is 3.55. The Morgan fingerprint density at radius 3 is 2.65 bits per heavy atom. The van der Waals surface area contributed by atoms with Gasteiger partial charge in [0, 0.05) is 18.0 Å². The molecule has 0 bridgehead atoms. The normalized spacial score (nSPS) is 28.4. The Balaban J connectivity index is 1.96. The lowest BCUT2D eigenvalue weighted by Crippen LogP contribution is -2.46. The van der Waals surface area contributed by atoms with Crippen molar-refractivity contribution < 1.29 is 14.7 Å². The van der Waals surface area contributed by atoms with E-state index in [1.807, 2.05) is 24.3 Å². The van der Waals surface area contributed by atoms with Crippen molar-refractivity contribution in [2.24, 2.45) is 11.8 Å². The Labute approximate surface area is 118 Å². The molecular formula is C16H19NO3. The molecule has 1 N–H and O–H groups in total. The van der Waals surface area contributed by atoms with Crippen LogP contribution >= 0.6 is 0 Å². The molecule has 1 aliphatic carbocycles. The van der Waals surface area contributed by atoms with Crippen LogP contribution in [-0.4, -0.2) is 23.0 Å². The third-order valence-electron chi connectivity index (χ3n) is 4.68. The van der Waals surface area contributed by atoms with E-state index in [4.69, 9.17) is 0 Å². The van der Waals surface area contributed by atoms with Crippen molar-refractivity contribution in [1.29, 1.82) is 0 Å². The van der Waals surface area contributed by atoms with Gasteiger partial charge in [0.05, 0.1) is 0 Å². The number of amides is 1. The van der Waals surface area contributed by atoms with Crippen LogP contribution in [0.4, 0.5) is 5.69 Å². The second-order valence-electron chi connectivity index (χ2n) is 5.91. The number of carbonyl (C=O) groups is 2. The summed E-state index contributed by atoms with van der Waals surface area (Å²) in [5.74, 6) is -0.597. The number of para-hydroxylation sites is 1. The number of hydrogen-bond acceptors (Lipinski definition) is 2. The van der Waals surface area contributed by atoms with Crippen LogP contribution < -0.4 is 4.90 Å². The van der Waals surface area contributed by atoms with E-state index in [9.17, 15) is 14.7 Å². The van der Waals surface area contributed by atoms with Gasteiger partial charge in [0.2, 0.25) is 5.91 Å². The summed E-state index contributed by atoms with van der Waals surface area (Å²) in [6, 6.07) is 6.78. The summed E-state index contributed by atoms with van der Waals surface area (Å²) in [5.41, 5.74) is 1.74. The summed E-state index contributed by atoms with van der Waals surface area (Å²) < 4.78 is 0. The Bertz CT molecular complexity index is 554. The molecule has 0 aromatic heterocycles. The van der Waals surface area contributed by atoms with E-state index in [0.717, 1.165) is 30.5 Å². The average molecular weight is 273 g/mol. The molecule has 3 atom stereocenters. The molecule has 3 rings (SSSR count). The van der Waals surface area contributed by atoms with E-state index in [1.54, 1.807) is 0 Å². The van der Waals surface area contributed by atoms with Crippen molar-refractivity contribution in [3.8, 4) is 0 Å². The smallest absolute Gasteiger partial charge is 0.327 e. The molecule has 1 aromatic rings. The summed E-state index contributed by atoms with van der Waals surface area (Å²) in [4.78, 5) is 25.8. The number of benzene rings is 1. The zero-order chi connectivity index (χ0) is 14.3. The first kappa shape index (κ1) is 13.2. The molecule has 1 aliphatic heterocycles. The number of carboxylic acids is 1. The number of carboxylic acid groups (broad SMARTS) is 1. The van der Waals surface area contributed by atoms with Gasteiger partial charge in [-0.05, 0) is 30.4 Å². The maximum Gasteiger partial charge on any atom is 0.327 e. The molecule has 4 nitrogen and oxygen atoms in total. The van der Waals surface area contributed by atoms with Crippen molar-refractivity contribution in [3.05, 3.63) is 29.8 Å². The van der Waals surface area contributed by atoms with Gasteiger partial charge in [0.15, 0.2) is 0 Å². The van der Waals surface area contributed by atoms with Gasteiger partial charge in [-0.15, -0.1) is 0 Å². The number of carbonyl (C=O) groups excluding carboxylic acids is 1. The molecule has 1 amide bonds. The van der Waals surface area contributed by atoms with Gasteiger partial charge < -0.3 is 5.11 Å². The minimum Gasteiger partial charge on any atom is -0.480 e. The zero-order valence-corrected chi connectivity index (χ0v) is 11.6. The minimum atomic E-state index is -0.916. The van der Waals surface area contributed by atoms with E-state index in [0.29, 0.717) is 12.3 Å². The number of fused-ring (bicyclic) bond motifs is 1. The van der Waals surface area contributed by atoms with E-state index >= 15 is 0 Å². The number of anilines is 1. The van der Waals surface area contributed by atoms with Gasteiger partial charge in [0.1, 0.15) is 6.04 Å². The van der Waals surface area contributed by atoms with Gasteiger partial charge in [-0.25, -0.2) is 4.79 Å². The van der Waals surface area contributed by atoms with Crippen LogP contribution in [0.2, 0.25) is 0 Å². The van der Waals surface area contributed by atoms with Crippen LogP contribution in [0.15, 0.2) is 24.3 Å². The third-order valence-corrected chi connectivity index (χ3v) is 4.68. The fraction of sp³-hybridized carbons (Fsp3) is 0.500. The number of hydrogen-bond donors (Lipinski definition) is 1. The average Bonchev–Trinajstić information content (AvgIpc) is 3.01. The molecule has 3 unspecified atom stereocenters. The second kappa shape index (κ2) is 4.93. The minimum absolute atomic E-state index is 0.00708. The number of nitrogens with zero attached hydrogens (tertiary/aromatic N) is 1. The first-order valence-corrected chi connectivity index (χ1v) is 7.23. The molecule has 0 saturated heterocycles. The van der Waals surface area contributed by atoms with Crippen LogP contribution in [0.3, 0.4) is 0 Å². The third kappa shape index (κ3) is 1.99.